The van der Waals surface area contributed by atoms with Crippen LogP contribution in [0.1, 0.15) is 18.4 Å². The van der Waals surface area contributed by atoms with E-state index in [0.29, 0.717) is 48.6 Å². The lowest BCUT2D eigenvalue weighted by molar-refractivity contribution is -0.121. The third-order valence-electron chi connectivity index (χ3n) is 5.92. The number of anilines is 2. The normalized spacial score (nSPS) is 15.2. The van der Waals surface area contributed by atoms with Gasteiger partial charge in [0.15, 0.2) is 0 Å². The number of nitrogens with zero attached hydrogens (tertiary/aromatic N) is 2. The van der Waals surface area contributed by atoms with Crippen LogP contribution in [0.2, 0.25) is 0 Å². The zero-order valence-corrected chi connectivity index (χ0v) is 20.8. The Labute approximate surface area is 201 Å². The smallest absolute Gasteiger partial charge is 0.242 e. The van der Waals surface area contributed by atoms with E-state index in [2.05, 4.69) is 10.6 Å². The number of para-hydroxylation sites is 2. The Morgan fingerprint density at radius 1 is 1.09 bits per heavy atom. The molecule has 34 heavy (non-hydrogen) atoms. The number of benzene rings is 2. The fraction of sp³-hybridized carbons (Fsp3) is 0.417. The molecule has 0 aliphatic carbocycles. The van der Waals surface area contributed by atoms with Crippen molar-refractivity contribution < 1.29 is 22.7 Å². The first-order chi connectivity index (χ1) is 16.1. The van der Waals surface area contributed by atoms with Gasteiger partial charge in [-0.05, 0) is 62.7 Å². The van der Waals surface area contributed by atoms with Crippen LogP contribution in [0, 0.1) is 12.8 Å². The molecule has 1 aliphatic rings. The Bertz CT molecular complexity index is 1140. The Morgan fingerprint density at radius 2 is 1.76 bits per heavy atom. The lowest BCUT2D eigenvalue weighted by atomic mass is 9.95. The molecule has 10 heteroatoms. The van der Waals surface area contributed by atoms with Crippen molar-refractivity contribution >= 4 is 33.2 Å². The highest BCUT2D eigenvalue weighted by molar-refractivity contribution is 7.89. The Balaban J connectivity index is 1.53. The van der Waals surface area contributed by atoms with Crippen LogP contribution in [0.3, 0.4) is 0 Å². The topological polar surface area (TPSA) is 108 Å². The number of likely N-dealkylation sites (tertiary alicyclic amines) is 1. The van der Waals surface area contributed by atoms with Gasteiger partial charge in [-0.1, -0.05) is 18.2 Å². The fourth-order valence-electron chi connectivity index (χ4n) is 3.89. The van der Waals surface area contributed by atoms with Crippen LogP contribution < -0.4 is 15.4 Å². The van der Waals surface area contributed by atoms with E-state index < -0.39 is 10.0 Å². The number of methoxy groups -OCH3 is 1. The largest absolute Gasteiger partial charge is 0.495 e. The van der Waals surface area contributed by atoms with E-state index in [0.717, 1.165) is 4.31 Å². The predicted molar refractivity (Wildman–Crippen MR) is 131 cm³/mol. The van der Waals surface area contributed by atoms with Crippen molar-refractivity contribution in [3.8, 4) is 5.75 Å². The van der Waals surface area contributed by atoms with Gasteiger partial charge in [0, 0.05) is 25.7 Å². The summed E-state index contributed by atoms with van der Waals surface area (Å²) in [5.74, 6) is 0.194. The number of carbonyl (C=O) groups excluding carboxylic acids is 2. The summed E-state index contributed by atoms with van der Waals surface area (Å²) < 4.78 is 31.5. The van der Waals surface area contributed by atoms with Gasteiger partial charge in [-0.15, -0.1) is 0 Å². The third kappa shape index (κ3) is 6.13. The van der Waals surface area contributed by atoms with E-state index in [9.17, 15) is 18.0 Å². The predicted octanol–water partition coefficient (Wildman–Crippen LogP) is 2.54. The minimum Gasteiger partial charge on any atom is -0.495 e. The molecule has 0 aromatic heterocycles. The molecule has 3 rings (SSSR count). The van der Waals surface area contributed by atoms with Crippen molar-refractivity contribution in [2.75, 3.05) is 51.5 Å². The second-order valence-electron chi connectivity index (χ2n) is 8.56. The van der Waals surface area contributed by atoms with Crippen LogP contribution in [0.15, 0.2) is 47.4 Å². The molecule has 0 atom stereocenters. The molecule has 1 aliphatic heterocycles. The Kier molecular flexibility index (Phi) is 8.29. The summed E-state index contributed by atoms with van der Waals surface area (Å²) in [7, 11) is 0.899. The minimum atomic E-state index is -3.61. The average Bonchev–Trinajstić information content (AvgIpc) is 2.80. The highest BCUT2D eigenvalue weighted by Crippen LogP contribution is 2.26. The third-order valence-corrected chi connectivity index (χ3v) is 7.88. The zero-order valence-electron chi connectivity index (χ0n) is 20.0. The molecule has 2 aromatic rings. The number of carbonyl (C=O) groups is 2. The lowest BCUT2D eigenvalue weighted by Gasteiger charge is -2.30. The highest BCUT2D eigenvalue weighted by atomic mass is 32.2. The summed E-state index contributed by atoms with van der Waals surface area (Å²) in [6.45, 7) is 3.12. The molecule has 184 valence electrons. The molecule has 9 nitrogen and oxygen atoms in total. The summed E-state index contributed by atoms with van der Waals surface area (Å²) in [4.78, 5) is 27.4. The second kappa shape index (κ2) is 11.0. The first kappa shape index (κ1) is 25.7. The second-order valence-corrected chi connectivity index (χ2v) is 10.7. The molecular formula is C24H32N4O5S. The van der Waals surface area contributed by atoms with Crippen LogP contribution in [-0.2, 0) is 19.6 Å². The zero-order chi connectivity index (χ0) is 24.9. The average molecular weight is 489 g/mol. The van der Waals surface area contributed by atoms with E-state index in [1.807, 2.05) is 17.0 Å². The number of nitrogens with one attached hydrogen (secondary N) is 2. The van der Waals surface area contributed by atoms with Gasteiger partial charge >= 0.3 is 0 Å². The molecule has 0 unspecified atom stereocenters. The molecule has 0 spiro atoms. The van der Waals surface area contributed by atoms with Gasteiger partial charge < -0.3 is 15.4 Å². The van der Waals surface area contributed by atoms with Crippen LogP contribution in [0.5, 0.6) is 5.75 Å². The first-order valence-electron chi connectivity index (χ1n) is 11.1. The molecule has 1 heterocycles. The van der Waals surface area contributed by atoms with Gasteiger partial charge in [0.2, 0.25) is 21.8 Å². The maximum absolute atomic E-state index is 12.7. The van der Waals surface area contributed by atoms with Gasteiger partial charge in [-0.2, -0.15) is 0 Å². The van der Waals surface area contributed by atoms with Gasteiger partial charge in [0.1, 0.15) is 5.75 Å². The molecule has 0 saturated carbocycles. The monoisotopic (exact) mass is 488 g/mol. The standard InChI is InChI=1S/C24H32N4O5S/c1-17-9-10-19(15-22(17)34(31,32)27(2)3)25-23(29)16-28-13-11-18(12-14-28)24(30)26-20-7-5-6-8-21(20)33-4/h5-10,15,18H,11-14,16H2,1-4H3,(H,25,29)(H,26,30). The summed E-state index contributed by atoms with van der Waals surface area (Å²) in [6.07, 6.45) is 1.29. The lowest BCUT2D eigenvalue weighted by Crippen LogP contribution is -2.41. The van der Waals surface area contributed by atoms with Crippen molar-refractivity contribution in [3.05, 3.63) is 48.0 Å². The number of rotatable bonds is 8. The van der Waals surface area contributed by atoms with Gasteiger partial charge in [0.05, 0.1) is 24.2 Å². The SMILES string of the molecule is COc1ccccc1NC(=O)C1CCN(CC(=O)Nc2ccc(C)c(S(=O)(=O)N(C)C)c2)CC1. The van der Waals surface area contributed by atoms with E-state index in [1.54, 1.807) is 38.3 Å². The minimum absolute atomic E-state index is 0.0529. The van der Waals surface area contributed by atoms with Crippen molar-refractivity contribution in [3.63, 3.8) is 0 Å². The highest BCUT2D eigenvalue weighted by Gasteiger charge is 2.27. The Hall–Kier alpha value is -2.95. The maximum Gasteiger partial charge on any atom is 0.242 e. The van der Waals surface area contributed by atoms with Crippen LogP contribution in [-0.4, -0.2) is 70.3 Å². The number of hydrogen-bond donors (Lipinski definition) is 2. The first-order valence-corrected chi connectivity index (χ1v) is 12.5. The van der Waals surface area contributed by atoms with E-state index in [1.165, 1.54) is 20.2 Å². The van der Waals surface area contributed by atoms with Crippen LogP contribution >= 0.6 is 0 Å². The van der Waals surface area contributed by atoms with Crippen molar-refractivity contribution in [2.45, 2.75) is 24.7 Å². The van der Waals surface area contributed by atoms with E-state index in [-0.39, 0.29) is 29.2 Å². The molecule has 0 bridgehead atoms. The van der Waals surface area contributed by atoms with Crippen molar-refractivity contribution in [2.24, 2.45) is 5.92 Å². The molecule has 1 saturated heterocycles. The van der Waals surface area contributed by atoms with E-state index in [4.69, 9.17) is 4.74 Å². The molecule has 0 radical (unpaired) electrons. The van der Waals surface area contributed by atoms with Crippen LogP contribution in [0.25, 0.3) is 0 Å². The number of aryl methyl sites for hydroxylation is 1. The van der Waals surface area contributed by atoms with Crippen LogP contribution in [0.4, 0.5) is 11.4 Å². The molecule has 2 N–H and O–H groups in total. The van der Waals surface area contributed by atoms with E-state index >= 15 is 0 Å². The summed E-state index contributed by atoms with van der Waals surface area (Å²) in [5, 5.41) is 5.73. The van der Waals surface area contributed by atoms with Gasteiger partial charge in [-0.3, -0.25) is 14.5 Å². The fourth-order valence-corrected chi connectivity index (χ4v) is 5.04. The number of piperidine rings is 1. The quantitative estimate of drug-likeness (QED) is 0.591. The summed E-state index contributed by atoms with van der Waals surface area (Å²) in [5.41, 5.74) is 1.69. The number of amides is 2. The number of hydrogen-bond acceptors (Lipinski definition) is 6. The van der Waals surface area contributed by atoms with Gasteiger partial charge in [-0.25, -0.2) is 12.7 Å². The maximum atomic E-state index is 12.7. The van der Waals surface area contributed by atoms with Gasteiger partial charge in [0.25, 0.3) is 0 Å². The molecular weight excluding hydrogens is 456 g/mol. The van der Waals surface area contributed by atoms with Crippen molar-refractivity contribution in [1.29, 1.82) is 0 Å². The molecule has 1 fully saturated rings. The summed E-state index contributed by atoms with van der Waals surface area (Å²) in [6, 6.07) is 12.1. The molecule has 2 aromatic carbocycles. The number of sulfonamides is 1. The summed E-state index contributed by atoms with van der Waals surface area (Å²) >= 11 is 0. The molecule has 2 amide bonds. The van der Waals surface area contributed by atoms with Crippen molar-refractivity contribution in [1.82, 2.24) is 9.21 Å². The number of ether oxygens (including phenoxy) is 1. The Morgan fingerprint density at radius 3 is 2.41 bits per heavy atom.